The van der Waals surface area contributed by atoms with E-state index in [1.165, 1.54) is 5.56 Å². The molecule has 0 aliphatic carbocycles. The fraction of sp³-hybridized carbons (Fsp3) is 0.533. The zero-order valence-electron chi connectivity index (χ0n) is 12.0. The molecule has 0 saturated heterocycles. The quantitative estimate of drug-likeness (QED) is 0.745. The molecule has 2 nitrogen and oxygen atoms in total. The summed E-state index contributed by atoms with van der Waals surface area (Å²) in [5.41, 5.74) is 1.84. The summed E-state index contributed by atoms with van der Waals surface area (Å²) in [4.78, 5) is 11.8. The number of hydrogen-bond donors (Lipinski definition) is 2. The molecule has 106 valence electrons. The van der Waals surface area contributed by atoms with Crippen LogP contribution >= 0.6 is 24.2 Å². The molecule has 0 aromatic heterocycles. The fourth-order valence-corrected chi connectivity index (χ4v) is 1.97. The van der Waals surface area contributed by atoms with Gasteiger partial charge in [0.05, 0.1) is 10.7 Å². The van der Waals surface area contributed by atoms with Crippen LogP contribution in [0.3, 0.4) is 0 Å². The number of nitrogens with one attached hydrogen (secondary N) is 1. The van der Waals surface area contributed by atoms with E-state index in [1.807, 2.05) is 32.0 Å². The molecule has 0 aliphatic rings. The highest BCUT2D eigenvalue weighted by atomic mass is 35.5. The zero-order chi connectivity index (χ0) is 14.6. The molecule has 0 spiro atoms. The Bertz CT molecular complexity index is 452. The zero-order valence-corrected chi connectivity index (χ0v) is 13.6. The molecule has 0 aliphatic heterocycles. The van der Waals surface area contributed by atoms with Crippen LogP contribution < -0.4 is 5.32 Å². The molecule has 0 bridgehead atoms. The lowest BCUT2D eigenvalue weighted by Crippen LogP contribution is -2.17. The third-order valence-corrected chi connectivity index (χ3v) is 3.43. The molecular formula is C15H22ClNOS. The van der Waals surface area contributed by atoms with Crippen LogP contribution in [0.15, 0.2) is 18.2 Å². The highest BCUT2D eigenvalue weighted by Gasteiger charge is 2.14. The topological polar surface area (TPSA) is 29.1 Å². The maximum atomic E-state index is 11.8. The third-order valence-electron chi connectivity index (χ3n) is 2.90. The van der Waals surface area contributed by atoms with Gasteiger partial charge in [-0.25, -0.2) is 0 Å². The molecule has 1 N–H and O–H groups in total. The first-order valence-electron chi connectivity index (χ1n) is 6.51. The number of carbonyl (C=O) groups is 1. The van der Waals surface area contributed by atoms with Crippen LogP contribution in [-0.2, 0) is 4.79 Å². The van der Waals surface area contributed by atoms with E-state index in [4.69, 9.17) is 11.6 Å². The number of halogens is 1. The molecule has 0 unspecified atom stereocenters. The van der Waals surface area contributed by atoms with Crippen molar-refractivity contribution < 1.29 is 4.79 Å². The lowest BCUT2D eigenvalue weighted by atomic mass is 10.0. The predicted molar refractivity (Wildman–Crippen MR) is 86.5 cm³/mol. The van der Waals surface area contributed by atoms with Crippen molar-refractivity contribution in [2.24, 2.45) is 0 Å². The van der Waals surface area contributed by atoms with Gasteiger partial charge in [0, 0.05) is 11.2 Å². The minimum absolute atomic E-state index is 0.0266. The normalized spacial score (nSPS) is 11.7. The second kappa shape index (κ2) is 6.67. The minimum atomic E-state index is -0.136. The Morgan fingerprint density at radius 1 is 1.42 bits per heavy atom. The molecule has 0 saturated carbocycles. The summed E-state index contributed by atoms with van der Waals surface area (Å²) in [6, 6.07) is 5.76. The average molecular weight is 300 g/mol. The first kappa shape index (κ1) is 16.4. The summed E-state index contributed by atoms with van der Waals surface area (Å²) >= 11 is 10.6. The highest BCUT2D eigenvalue weighted by Crippen LogP contribution is 2.27. The van der Waals surface area contributed by atoms with Crippen molar-refractivity contribution in [1.29, 1.82) is 0 Å². The summed E-state index contributed by atoms with van der Waals surface area (Å²) < 4.78 is -0.136. The van der Waals surface area contributed by atoms with E-state index in [0.717, 1.165) is 6.42 Å². The van der Waals surface area contributed by atoms with Crippen molar-refractivity contribution >= 4 is 35.8 Å². The average Bonchev–Trinajstić information content (AvgIpc) is 2.28. The number of hydrogen-bond acceptors (Lipinski definition) is 2. The van der Waals surface area contributed by atoms with Gasteiger partial charge in [-0.2, -0.15) is 12.6 Å². The van der Waals surface area contributed by atoms with Crippen molar-refractivity contribution in [3.05, 3.63) is 28.8 Å². The van der Waals surface area contributed by atoms with Crippen molar-refractivity contribution in [2.45, 2.75) is 51.2 Å². The maximum absolute atomic E-state index is 11.8. The smallest absolute Gasteiger partial charge is 0.224 e. The van der Waals surface area contributed by atoms with E-state index in [-0.39, 0.29) is 10.7 Å². The van der Waals surface area contributed by atoms with Gasteiger partial charge in [-0.1, -0.05) is 45.4 Å². The van der Waals surface area contributed by atoms with E-state index < -0.39 is 0 Å². The monoisotopic (exact) mass is 299 g/mol. The van der Waals surface area contributed by atoms with Crippen LogP contribution in [0.5, 0.6) is 0 Å². The minimum Gasteiger partial charge on any atom is -0.325 e. The number of carbonyl (C=O) groups excluding carboxylic acids is 1. The summed E-state index contributed by atoms with van der Waals surface area (Å²) in [7, 11) is 0. The lowest BCUT2D eigenvalue weighted by molar-refractivity contribution is -0.116. The van der Waals surface area contributed by atoms with E-state index in [9.17, 15) is 4.79 Å². The largest absolute Gasteiger partial charge is 0.325 e. The lowest BCUT2D eigenvalue weighted by Gasteiger charge is -2.17. The standard InChI is InChI=1S/C15H22ClNOS/c1-10(2)11-5-6-13(12(16)9-11)17-14(18)7-8-15(3,4)19/h5-6,9-10,19H,7-8H2,1-4H3,(H,17,18). The van der Waals surface area contributed by atoms with Crippen molar-refractivity contribution in [3.8, 4) is 0 Å². The first-order chi connectivity index (χ1) is 8.69. The fourth-order valence-electron chi connectivity index (χ4n) is 1.62. The summed E-state index contributed by atoms with van der Waals surface area (Å²) in [5.74, 6) is 0.397. The van der Waals surface area contributed by atoms with Gasteiger partial charge in [-0.3, -0.25) is 4.79 Å². The van der Waals surface area contributed by atoms with Crippen LogP contribution in [0.4, 0.5) is 5.69 Å². The van der Waals surface area contributed by atoms with Gasteiger partial charge < -0.3 is 5.32 Å². The number of rotatable bonds is 5. The van der Waals surface area contributed by atoms with E-state index in [0.29, 0.717) is 23.0 Å². The molecule has 4 heteroatoms. The van der Waals surface area contributed by atoms with Crippen molar-refractivity contribution in [2.75, 3.05) is 5.32 Å². The third kappa shape index (κ3) is 5.87. The Balaban J connectivity index is 2.65. The van der Waals surface area contributed by atoms with Gasteiger partial charge in [0.2, 0.25) is 5.91 Å². The van der Waals surface area contributed by atoms with Crippen molar-refractivity contribution in [3.63, 3.8) is 0 Å². The number of benzene rings is 1. The SMILES string of the molecule is CC(C)c1ccc(NC(=O)CCC(C)(C)S)c(Cl)c1. The molecule has 19 heavy (non-hydrogen) atoms. The van der Waals surface area contributed by atoms with Gasteiger partial charge in [-0.15, -0.1) is 0 Å². The van der Waals surface area contributed by atoms with Gasteiger partial charge in [0.25, 0.3) is 0 Å². The molecule has 0 atom stereocenters. The molecule has 0 fully saturated rings. The molecular weight excluding hydrogens is 278 g/mol. The maximum Gasteiger partial charge on any atom is 0.224 e. The van der Waals surface area contributed by atoms with Gasteiger partial charge in [-0.05, 0) is 30.0 Å². The number of amides is 1. The van der Waals surface area contributed by atoms with E-state index >= 15 is 0 Å². The van der Waals surface area contributed by atoms with Crippen LogP contribution in [0, 0.1) is 0 Å². The summed E-state index contributed by atoms with van der Waals surface area (Å²) in [6.07, 6.45) is 1.17. The highest BCUT2D eigenvalue weighted by molar-refractivity contribution is 7.81. The second-order valence-electron chi connectivity index (χ2n) is 5.75. The van der Waals surface area contributed by atoms with Crippen LogP contribution in [0.1, 0.15) is 52.0 Å². The number of anilines is 1. The van der Waals surface area contributed by atoms with Crippen LogP contribution in [0.25, 0.3) is 0 Å². The molecule has 0 radical (unpaired) electrons. The van der Waals surface area contributed by atoms with E-state index in [1.54, 1.807) is 0 Å². The van der Waals surface area contributed by atoms with Gasteiger partial charge in [0.1, 0.15) is 0 Å². The molecule has 1 aromatic carbocycles. The Hall–Kier alpha value is -0.670. The Labute approximate surface area is 126 Å². The van der Waals surface area contributed by atoms with Crippen molar-refractivity contribution in [1.82, 2.24) is 0 Å². The van der Waals surface area contributed by atoms with Gasteiger partial charge in [0.15, 0.2) is 0 Å². The summed E-state index contributed by atoms with van der Waals surface area (Å²) in [6.45, 7) is 8.21. The first-order valence-corrected chi connectivity index (χ1v) is 7.33. The van der Waals surface area contributed by atoms with E-state index in [2.05, 4.69) is 31.8 Å². The molecule has 1 amide bonds. The Morgan fingerprint density at radius 3 is 2.53 bits per heavy atom. The predicted octanol–water partition coefficient (Wildman–Crippen LogP) is 4.89. The molecule has 1 rings (SSSR count). The molecule has 0 heterocycles. The van der Waals surface area contributed by atoms with Crippen LogP contribution in [-0.4, -0.2) is 10.7 Å². The van der Waals surface area contributed by atoms with Gasteiger partial charge >= 0.3 is 0 Å². The second-order valence-corrected chi connectivity index (χ2v) is 7.37. The Kier molecular flexibility index (Phi) is 5.75. The number of thiol groups is 1. The Morgan fingerprint density at radius 2 is 2.05 bits per heavy atom. The summed E-state index contributed by atoms with van der Waals surface area (Å²) in [5, 5.41) is 3.43. The van der Waals surface area contributed by atoms with Crippen LogP contribution in [0.2, 0.25) is 5.02 Å². The molecule has 1 aromatic rings.